The highest BCUT2D eigenvalue weighted by Crippen LogP contribution is 2.33. The Morgan fingerprint density at radius 1 is 0.958 bits per heavy atom. The van der Waals surface area contributed by atoms with Gasteiger partial charge in [-0.15, -0.1) is 0 Å². The molecule has 0 fully saturated rings. The monoisotopic (exact) mass is 342 g/mol. The topological polar surface area (TPSA) is 77.5 Å². The van der Waals surface area contributed by atoms with Crippen molar-refractivity contribution >= 4 is 26.6 Å². The van der Waals surface area contributed by atoms with Crippen LogP contribution in [0.1, 0.15) is 0 Å². The Morgan fingerprint density at radius 3 is 2.62 bits per heavy atom. The molecule has 0 aliphatic carbocycles. The Balaban J connectivity index is 1.73. The van der Waals surface area contributed by atoms with E-state index in [4.69, 9.17) is 9.47 Å². The van der Waals surface area contributed by atoms with Gasteiger partial charge in [0.05, 0.1) is 16.1 Å². The quantitative estimate of drug-likeness (QED) is 0.792. The molecule has 2 heterocycles. The van der Waals surface area contributed by atoms with Gasteiger partial charge in [-0.3, -0.25) is 9.71 Å². The van der Waals surface area contributed by atoms with Gasteiger partial charge in [-0.1, -0.05) is 18.2 Å². The highest BCUT2D eigenvalue weighted by molar-refractivity contribution is 7.92. The van der Waals surface area contributed by atoms with E-state index in [-0.39, 0.29) is 4.90 Å². The van der Waals surface area contributed by atoms with Gasteiger partial charge in [0.2, 0.25) is 0 Å². The molecular formula is C17H14N2O4S. The first kappa shape index (κ1) is 14.8. The molecule has 0 radical (unpaired) electrons. The molecule has 0 saturated heterocycles. The van der Waals surface area contributed by atoms with Crippen LogP contribution in [0.3, 0.4) is 0 Å². The van der Waals surface area contributed by atoms with Crippen LogP contribution in [-0.4, -0.2) is 26.6 Å². The molecule has 7 heteroatoms. The van der Waals surface area contributed by atoms with E-state index in [1.54, 1.807) is 30.5 Å². The summed E-state index contributed by atoms with van der Waals surface area (Å²) in [6.07, 6.45) is 1.63. The summed E-state index contributed by atoms with van der Waals surface area (Å²) in [5.74, 6) is 0.979. The van der Waals surface area contributed by atoms with E-state index in [0.29, 0.717) is 35.9 Å². The zero-order valence-electron chi connectivity index (χ0n) is 12.6. The predicted octanol–water partition coefficient (Wildman–Crippen LogP) is 2.81. The van der Waals surface area contributed by atoms with E-state index in [9.17, 15) is 8.42 Å². The fourth-order valence-corrected chi connectivity index (χ4v) is 3.66. The average Bonchev–Trinajstić information content (AvgIpc) is 2.61. The fourth-order valence-electron chi connectivity index (χ4n) is 2.58. The molecule has 0 spiro atoms. The molecule has 0 bridgehead atoms. The van der Waals surface area contributed by atoms with Gasteiger partial charge < -0.3 is 9.47 Å². The normalized spacial score (nSPS) is 13.7. The van der Waals surface area contributed by atoms with Crippen molar-refractivity contribution in [2.45, 2.75) is 4.90 Å². The van der Waals surface area contributed by atoms with E-state index in [1.807, 2.05) is 12.1 Å². The molecular weight excluding hydrogens is 328 g/mol. The maximum Gasteiger partial charge on any atom is 0.262 e. The number of aromatic nitrogens is 1. The van der Waals surface area contributed by atoms with Gasteiger partial charge in [0.1, 0.15) is 13.2 Å². The van der Waals surface area contributed by atoms with Crippen LogP contribution in [0, 0.1) is 0 Å². The lowest BCUT2D eigenvalue weighted by Gasteiger charge is -2.19. The predicted molar refractivity (Wildman–Crippen MR) is 90.0 cm³/mol. The van der Waals surface area contributed by atoms with Gasteiger partial charge >= 0.3 is 0 Å². The maximum atomic E-state index is 12.7. The van der Waals surface area contributed by atoms with E-state index < -0.39 is 10.0 Å². The molecule has 4 rings (SSSR count). The lowest BCUT2D eigenvalue weighted by Crippen LogP contribution is -2.17. The van der Waals surface area contributed by atoms with Crippen LogP contribution in [-0.2, 0) is 10.0 Å². The Bertz CT molecular complexity index is 1010. The summed E-state index contributed by atoms with van der Waals surface area (Å²) in [4.78, 5) is 4.37. The van der Waals surface area contributed by atoms with Crippen molar-refractivity contribution in [3.8, 4) is 11.5 Å². The Kier molecular flexibility index (Phi) is 3.50. The van der Waals surface area contributed by atoms with Crippen LogP contribution in [0.2, 0.25) is 0 Å². The van der Waals surface area contributed by atoms with Crippen LogP contribution >= 0.6 is 0 Å². The summed E-state index contributed by atoms with van der Waals surface area (Å²) in [5, 5.41) is 0.861. The number of nitrogens with zero attached hydrogens (tertiary/aromatic N) is 1. The van der Waals surface area contributed by atoms with Crippen LogP contribution in [0.5, 0.6) is 11.5 Å². The second-order valence-corrected chi connectivity index (χ2v) is 6.97. The lowest BCUT2D eigenvalue weighted by molar-refractivity contribution is 0.171. The third-order valence-electron chi connectivity index (χ3n) is 3.70. The fraction of sp³-hybridized carbons (Fsp3) is 0.118. The summed E-state index contributed by atoms with van der Waals surface area (Å²) in [6, 6.07) is 13.6. The smallest absolute Gasteiger partial charge is 0.262 e. The number of ether oxygens (including phenoxy) is 2. The molecule has 0 saturated carbocycles. The standard InChI is InChI=1S/C17H14N2O4S/c20-24(21,13-6-7-15-16(11-13)23-10-9-22-15)19-14-5-1-3-12-4-2-8-18-17(12)14/h1-8,11,19H,9-10H2. The highest BCUT2D eigenvalue weighted by atomic mass is 32.2. The Hall–Kier alpha value is -2.80. The molecule has 0 unspecified atom stereocenters. The van der Waals surface area contributed by atoms with Gasteiger partial charge in [0.15, 0.2) is 11.5 Å². The molecule has 1 aliphatic rings. The first-order chi connectivity index (χ1) is 11.6. The molecule has 1 N–H and O–H groups in total. The number of sulfonamides is 1. The second kappa shape index (κ2) is 5.68. The number of hydrogen-bond acceptors (Lipinski definition) is 5. The molecule has 2 aromatic carbocycles. The SMILES string of the molecule is O=S(=O)(Nc1cccc2cccnc12)c1ccc2c(c1)OCCO2. The third kappa shape index (κ3) is 2.63. The van der Waals surface area contributed by atoms with Gasteiger partial charge in [-0.25, -0.2) is 8.42 Å². The lowest BCUT2D eigenvalue weighted by atomic mass is 10.2. The number of anilines is 1. The minimum atomic E-state index is -3.76. The van der Waals surface area contributed by atoms with E-state index in [1.165, 1.54) is 12.1 Å². The van der Waals surface area contributed by atoms with Crippen LogP contribution in [0.4, 0.5) is 5.69 Å². The maximum absolute atomic E-state index is 12.7. The number of pyridine rings is 1. The molecule has 1 aliphatic heterocycles. The molecule has 24 heavy (non-hydrogen) atoms. The first-order valence-electron chi connectivity index (χ1n) is 7.40. The van der Waals surface area contributed by atoms with Crippen LogP contribution in [0.15, 0.2) is 59.6 Å². The van der Waals surface area contributed by atoms with Crippen molar-refractivity contribution in [3.05, 3.63) is 54.7 Å². The number of nitrogens with one attached hydrogen (secondary N) is 1. The largest absolute Gasteiger partial charge is 0.486 e. The van der Waals surface area contributed by atoms with Gasteiger partial charge in [-0.05, 0) is 24.3 Å². The molecule has 1 aromatic heterocycles. The zero-order chi connectivity index (χ0) is 16.6. The van der Waals surface area contributed by atoms with E-state index in [0.717, 1.165) is 5.39 Å². The highest BCUT2D eigenvalue weighted by Gasteiger charge is 2.20. The summed E-state index contributed by atoms with van der Waals surface area (Å²) in [7, 11) is -3.76. The van der Waals surface area contributed by atoms with Crippen molar-refractivity contribution in [1.29, 1.82) is 0 Å². The Morgan fingerprint density at radius 2 is 1.75 bits per heavy atom. The van der Waals surface area contributed by atoms with E-state index >= 15 is 0 Å². The molecule has 0 amide bonds. The molecule has 3 aromatic rings. The average molecular weight is 342 g/mol. The van der Waals surface area contributed by atoms with Gasteiger partial charge in [0, 0.05) is 17.6 Å². The number of rotatable bonds is 3. The van der Waals surface area contributed by atoms with Crippen molar-refractivity contribution in [2.75, 3.05) is 17.9 Å². The summed E-state index contributed by atoms with van der Waals surface area (Å²) in [6.45, 7) is 0.857. The van der Waals surface area contributed by atoms with E-state index in [2.05, 4.69) is 9.71 Å². The molecule has 0 atom stereocenters. The van der Waals surface area contributed by atoms with Crippen molar-refractivity contribution in [2.24, 2.45) is 0 Å². The molecule has 6 nitrogen and oxygen atoms in total. The van der Waals surface area contributed by atoms with Crippen LogP contribution in [0.25, 0.3) is 10.9 Å². The minimum Gasteiger partial charge on any atom is -0.486 e. The summed E-state index contributed by atoms with van der Waals surface area (Å²) in [5.41, 5.74) is 1.03. The Labute approximate surface area is 139 Å². The van der Waals surface area contributed by atoms with Gasteiger partial charge in [-0.2, -0.15) is 0 Å². The molecule has 122 valence electrons. The number of hydrogen-bond donors (Lipinski definition) is 1. The van der Waals surface area contributed by atoms with Gasteiger partial charge in [0.25, 0.3) is 10.0 Å². The minimum absolute atomic E-state index is 0.111. The van der Waals surface area contributed by atoms with Crippen molar-refractivity contribution < 1.29 is 17.9 Å². The summed E-state index contributed by atoms with van der Waals surface area (Å²) < 4.78 is 38.9. The third-order valence-corrected chi connectivity index (χ3v) is 5.06. The number of para-hydroxylation sites is 1. The van der Waals surface area contributed by atoms with Crippen molar-refractivity contribution in [1.82, 2.24) is 4.98 Å². The van der Waals surface area contributed by atoms with Crippen LogP contribution < -0.4 is 14.2 Å². The number of fused-ring (bicyclic) bond motifs is 2. The van der Waals surface area contributed by atoms with Crippen molar-refractivity contribution in [3.63, 3.8) is 0 Å². The summed E-state index contributed by atoms with van der Waals surface area (Å²) >= 11 is 0. The number of benzene rings is 2. The first-order valence-corrected chi connectivity index (χ1v) is 8.88. The zero-order valence-corrected chi connectivity index (χ0v) is 13.4. The second-order valence-electron chi connectivity index (χ2n) is 5.29.